The molecule has 2 unspecified atom stereocenters. The van der Waals surface area contributed by atoms with Gasteiger partial charge in [0.25, 0.3) is 0 Å². The normalized spacial score (nSPS) is 21.7. The molecule has 134 valence electrons. The molecular weight excluding hydrogens is 415 g/mol. The van der Waals surface area contributed by atoms with E-state index < -0.39 is 0 Å². The second kappa shape index (κ2) is 10.6. The minimum atomic E-state index is 0. The van der Waals surface area contributed by atoms with Crippen LogP contribution in [0.1, 0.15) is 24.4 Å². The van der Waals surface area contributed by atoms with Crippen molar-refractivity contribution in [3.05, 3.63) is 42.5 Å². The van der Waals surface area contributed by atoms with Crippen molar-refractivity contribution in [3.8, 4) is 5.75 Å². The van der Waals surface area contributed by atoms with Crippen molar-refractivity contribution < 1.29 is 4.74 Å². The van der Waals surface area contributed by atoms with E-state index in [0.29, 0.717) is 24.5 Å². The second-order valence-corrected chi connectivity index (χ2v) is 6.00. The minimum absolute atomic E-state index is 0. The fourth-order valence-corrected chi connectivity index (χ4v) is 3.23. The molecule has 1 aromatic carbocycles. The zero-order valence-corrected chi connectivity index (χ0v) is 16.9. The number of hydrogen-bond donors (Lipinski definition) is 2. The quantitative estimate of drug-likeness (QED) is 0.307. The molecule has 0 saturated carbocycles. The average Bonchev–Trinajstić information content (AvgIpc) is 2.58. The molecular formula is C18H29IN4O. The van der Waals surface area contributed by atoms with Crippen LogP contribution in [0.15, 0.2) is 41.9 Å². The van der Waals surface area contributed by atoms with Gasteiger partial charge in [-0.1, -0.05) is 18.2 Å². The number of guanidine groups is 1. The number of rotatable bonds is 6. The molecule has 0 spiro atoms. The lowest BCUT2D eigenvalue weighted by molar-refractivity contribution is 0.125. The maximum absolute atomic E-state index is 5.89. The van der Waals surface area contributed by atoms with Gasteiger partial charge in [0.1, 0.15) is 5.75 Å². The first-order valence-electron chi connectivity index (χ1n) is 8.14. The molecule has 1 saturated heterocycles. The summed E-state index contributed by atoms with van der Waals surface area (Å²) in [6, 6.07) is 8.73. The van der Waals surface area contributed by atoms with Crippen LogP contribution in [0.25, 0.3) is 0 Å². The minimum Gasteiger partial charge on any atom is -0.497 e. The lowest BCUT2D eigenvalue weighted by Gasteiger charge is -2.39. The lowest BCUT2D eigenvalue weighted by atomic mass is 9.85. The first kappa shape index (κ1) is 20.8. The van der Waals surface area contributed by atoms with Gasteiger partial charge in [-0.2, -0.15) is 0 Å². The smallest absolute Gasteiger partial charge is 0.188 e. The van der Waals surface area contributed by atoms with Gasteiger partial charge in [-0.15, -0.1) is 30.6 Å². The number of benzene rings is 1. The van der Waals surface area contributed by atoms with Crippen LogP contribution in [0.4, 0.5) is 0 Å². The second-order valence-electron chi connectivity index (χ2n) is 6.00. The van der Waals surface area contributed by atoms with Crippen molar-refractivity contribution in [1.29, 1.82) is 0 Å². The standard InChI is InChI=1S/C18H28N4O.HI/c1-4-11-20-18(19)21-13-15-6-5-12-22(2)17(15)14-7-9-16(23-3)10-8-14;/h4,7-10,15,17H,1,5-6,11-13H2,2-3H3,(H3,19,20,21);1H. The van der Waals surface area contributed by atoms with Crippen LogP contribution >= 0.6 is 24.0 Å². The molecule has 1 aliphatic rings. The summed E-state index contributed by atoms with van der Waals surface area (Å²) in [5.74, 6) is 1.84. The molecule has 24 heavy (non-hydrogen) atoms. The van der Waals surface area contributed by atoms with Crippen molar-refractivity contribution in [1.82, 2.24) is 10.2 Å². The lowest BCUT2D eigenvalue weighted by Crippen LogP contribution is -2.38. The molecule has 1 heterocycles. The Labute approximate surface area is 162 Å². The Morgan fingerprint density at radius 1 is 1.46 bits per heavy atom. The van der Waals surface area contributed by atoms with Gasteiger partial charge in [0.15, 0.2) is 5.96 Å². The third-order valence-electron chi connectivity index (χ3n) is 4.39. The highest BCUT2D eigenvalue weighted by Crippen LogP contribution is 2.35. The Kier molecular flexibility index (Phi) is 9.13. The fraction of sp³-hybridized carbons (Fsp3) is 0.500. The maximum atomic E-state index is 5.89. The fourth-order valence-electron chi connectivity index (χ4n) is 3.23. The molecule has 2 atom stereocenters. The van der Waals surface area contributed by atoms with Crippen LogP contribution in [-0.4, -0.2) is 44.7 Å². The number of nitrogens with one attached hydrogen (secondary N) is 1. The SMILES string of the molecule is C=CCNC(N)=NCC1CCCN(C)C1c1ccc(OC)cc1.I. The molecule has 5 nitrogen and oxygen atoms in total. The van der Waals surface area contributed by atoms with Crippen LogP contribution in [0, 0.1) is 5.92 Å². The van der Waals surface area contributed by atoms with E-state index in [1.54, 1.807) is 13.2 Å². The first-order valence-corrected chi connectivity index (χ1v) is 8.14. The zero-order chi connectivity index (χ0) is 16.7. The Bertz CT molecular complexity index is 532. The molecule has 2 rings (SSSR count). The van der Waals surface area contributed by atoms with Crippen molar-refractivity contribution >= 4 is 29.9 Å². The predicted molar refractivity (Wildman–Crippen MR) is 111 cm³/mol. The Hall–Kier alpha value is -1.28. The van der Waals surface area contributed by atoms with Gasteiger partial charge in [0, 0.05) is 19.1 Å². The summed E-state index contributed by atoms with van der Waals surface area (Å²) in [4.78, 5) is 6.93. The van der Waals surface area contributed by atoms with Crippen LogP contribution in [0.2, 0.25) is 0 Å². The van der Waals surface area contributed by atoms with E-state index in [1.807, 2.05) is 12.1 Å². The van der Waals surface area contributed by atoms with Gasteiger partial charge < -0.3 is 15.8 Å². The molecule has 0 aromatic heterocycles. The van der Waals surface area contributed by atoms with Gasteiger partial charge in [0.2, 0.25) is 0 Å². The molecule has 0 aliphatic carbocycles. The molecule has 6 heteroatoms. The Morgan fingerprint density at radius 2 is 2.17 bits per heavy atom. The molecule has 3 N–H and O–H groups in total. The summed E-state index contributed by atoms with van der Waals surface area (Å²) < 4.78 is 5.26. The van der Waals surface area contributed by atoms with Crippen molar-refractivity contribution in [2.75, 3.05) is 33.8 Å². The highest BCUT2D eigenvalue weighted by Gasteiger charge is 2.30. The number of nitrogens with two attached hydrogens (primary N) is 1. The number of nitrogens with zero attached hydrogens (tertiary/aromatic N) is 2. The van der Waals surface area contributed by atoms with Crippen LogP contribution in [0.3, 0.4) is 0 Å². The van der Waals surface area contributed by atoms with Crippen LogP contribution in [-0.2, 0) is 0 Å². The molecule has 0 radical (unpaired) electrons. The number of hydrogen-bond acceptors (Lipinski definition) is 3. The maximum Gasteiger partial charge on any atom is 0.188 e. The van der Waals surface area contributed by atoms with E-state index in [0.717, 1.165) is 18.8 Å². The van der Waals surface area contributed by atoms with E-state index in [1.165, 1.54) is 18.4 Å². The highest BCUT2D eigenvalue weighted by atomic mass is 127. The molecule has 1 aliphatic heterocycles. The summed E-state index contributed by atoms with van der Waals surface area (Å²) in [6.45, 7) is 6.15. The van der Waals surface area contributed by atoms with Gasteiger partial charge in [0.05, 0.1) is 7.11 Å². The Balaban J connectivity index is 0.00000288. The van der Waals surface area contributed by atoms with Gasteiger partial charge in [-0.25, -0.2) is 0 Å². The van der Waals surface area contributed by atoms with Crippen molar-refractivity contribution in [2.45, 2.75) is 18.9 Å². The summed E-state index contributed by atoms with van der Waals surface area (Å²) in [7, 11) is 3.88. The van der Waals surface area contributed by atoms with Gasteiger partial charge in [-0.3, -0.25) is 9.89 Å². The number of methoxy groups -OCH3 is 1. The number of piperidine rings is 1. The molecule has 0 bridgehead atoms. The van der Waals surface area contributed by atoms with Gasteiger partial charge >= 0.3 is 0 Å². The summed E-state index contributed by atoms with van der Waals surface area (Å²) in [5, 5.41) is 3.03. The largest absolute Gasteiger partial charge is 0.497 e. The third kappa shape index (κ3) is 5.66. The molecule has 1 fully saturated rings. The Morgan fingerprint density at radius 3 is 2.79 bits per heavy atom. The number of ether oxygens (including phenoxy) is 1. The van der Waals surface area contributed by atoms with Crippen molar-refractivity contribution in [3.63, 3.8) is 0 Å². The van der Waals surface area contributed by atoms with Crippen molar-refractivity contribution in [2.24, 2.45) is 16.6 Å². The van der Waals surface area contributed by atoms with E-state index >= 15 is 0 Å². The number of halogens is 1. The topological polar surface area (TPSA) is 62.9 Å². The van der Waals surface area contributed by atoms with Crippen LogP contribution < -0.4 is 15.8 Å². The summed E-state index contributed by atoms with van der Waals surface area (Å²) >= 11 is 0. The van der Waals surface area contributed by atoms with E-state index in [4.69, 9.17) is 10.5 Å². The van der Waals surface area contributed by atoms with Gasteiger partial charge in [-0.05, 0) is 50.0 Å². The monoisotopic (exact) mass is 444 g/mol. The highest BCUT2D eigenvalue weighted by molar-refractivity contribution is 14.0. The average molecular weight is 444 g/mol. The summed E-state index contributed by atoms with van der Waals surface area (Å²) in [5.41, 5.74) is 7.21. The van der Waals surface area contributed by atoms with Crippen LogP contribution in [0.5, 0.6) is 5.75 Å². The van der Waals surface area contributed by atoms with E-state index in [-0.39, 0.29) is 24.0 Å². The third-order valence-corrected chi connectivity index (χ3v) is 4.39. The van der Waals surface area contributed by atoms with E-state index in [9.17, 15) is 0 Å². The molecule has 0 amide bonds. The number of likely N-dealkylation sites (tertiary alicyclic amines) is 1. The number of aliphatic imine (C=N–C) groups is 1. The zero-order valence-electron chi connectivity index (χ0n) is 14.6. The van der Waals surface area contributed by atoms with E-state index in [2.05, 4.69) is 41.0 Å². The first-order chi connectivity index (χ1) is 11.2. The summed E-state index contributed by atoms with van der Waals surface area (Å²) in [6.07, 6.45) is 4.14. The molecule has 1 aromatic rings. The predicted octanol–water partition coefficient (Wildman–Crippen LogP) is 2.79.